The smallest absolute Gasteiger partial charge is 0.135 e. The Morgan fingerprint density at radius 3 is 2.95 bits per heavy atom. The van der Waals surface area contributed by atoms with Crippen LogP contribution in [-0.4, -0.2) is 24.3 Å². The molecule has 22 heavy (non-hydrogen) atoms. The van der Waals surface area contributed by atoms with Crippen LogP contribution in [0.2, 0.25) is 0 Å². The standard InChI is InChI=1S/C17H19N3O2/c1-11-16(22-8-7-21-11)12-4-5-14-15(9-12)19-10-13-3-2-6-18-17(13)20-14/h2-6,9,11,16,19H,7-8,10H2,1H3,(H,18,20)/t11-,16+/m1/s1. The summed E-state index contributed by atoms with van der Waals surface area (Å²) in [4.78, 5) is 4.41. The van der Waals surface area contributed by atoms with Crippen LogP contribution in [0.5, 0.6) is 0 Å². The summed E-state index contributed by atoms with van der Waals surface area (Å²) in [5.41, 5.74) is 4.40. The van der Waals surface area contributed by atoms with Crippen LogP contribution in [0.3, 0.4) is 0 Å². The van der Waals surface area contributed by atoms with Crippen molar-refractivity contribution in [2.75, 3.05) is 23.8 Å². The molecule has 5 heteroatoms. The minimum Gasteiger partial charge on any atom is -0.379 e. The first-order valence-electron chi connectivity index (χ1n) is 7.63. The maximum atomic E-state index is 5.87. The normalized spacial score (nSPS) is 23.5. The zero-order chi connectivity index (χ0) is 14.9. The summed E-state index contributed by atoms with van der Waals surface area (Å²) >= 11 is 0. The topological polar surface area (TPSA) is 55.4 Å². The van der Waals surface area contributed by atoms with Crippen LogP contribution in [0.25, 0.3) is 0 Å². The Hall–Kier alpha value is -2.11. The molecule has 0 bridgehead atoms. The van der Waals surface area contributed by atoms with Gasteiger partial charge in [-0.2, -0.15) is 0 Å². The number of nitrogens with one attached hydrogen (secondary N) is 2. The molecule has 1 fully saturated rings. The highest BCUT2D eigenvalue weighted by molar-refractivity contribution is 5.77. The van der Waals surface area contributed by atoms with Crippen LogP contribution in [0.4, 0.5) is 17.2 Å². The highest BCUT2D eigenvalue weighted by Crippen LogP contribution is 2.35. The molecule has 2 aliphatic heterocycles. The fourth-order valence-corrected chi connectivity index (χ4v) is 3.01. The molecule has 5 nitrogen and oxygen atoms in total. The van der Waals surface area contributed by atoms with Crippen molar-refractivity contribution < 1.29 is 9.47 Å². The first-order valence-corrected chi connectivity index (χ1v) is 7.63. The van der Waals surface area contributed by atoms with Crippen LogP contribution in [-0.2, 0) is 16.0 Å². The zero-order valence-corrected chi connectivity index (χ0v) is 12.5. The van der Waals surface area contributed by atoms with Gasteiger partial charge in [-0.25, -0.2) is 4.98 Å². The van der Waals surface area contributed by atoms with E-state index in [1.54, 1.807) is 6.20 Å². The number of hydrogen-bond acceptors (Lipinski definition) is 5. The van der Waals surface area contributed by atoms with E-state index in [1.165, 1.54) is 0 Å². The lowest BCUT2D eigenvalue weighted by atomic mass is 10.0. The number of anilines is 3. The van der Waals surface area contributed by atoms with Gasteiger partial charge in [-0.1, -0.05) is 12.1 Å². The number of benzene rings is 1. The fraction of sp³-hybridized carbons (Fsp3) is 0.353. The molecule has 114 valence electrons. The Kier molecular flexibility index (Phi) is 3.44. The van der Waals surface area contributed by atoms with E-state index < -0.39 is 0 Å². The Balaban J connectivity index is 1.65. The molecule has 2 N–H and O–H groups in total. The summed E-state index contributed by atoms with van der Waals surface area (Å²) in [5, 5.41) is 6.88. The molecule has 0 spiro atoms. The monoisotopic (exact) mass is 297 g/mol. The number of fused-ring (bicyclic) bond motifs is 2. The van der Waals surface area contributed by atoms with Gasteiger partial charge in [-0.3, -0.25) is 0 Å². The second kappa shape index (κ2) is 5.59. The van der Waals surface area contributed by atoms with Crippen LogP contribution >= 0.6 is 0 Å². The quantitative estimate of drug-likeness (QED) is 0.846. The summed E-state index contributed by atoms with van der Waals surface area (Å²) in [6.07, 6.45) is 1.87. The molecular formula is C17H19N3O2. The first-order chi connectivity index (χ1) is 10.8. The summed E-state index contributed by atoms with van der Waals surface area (Å²) in [6.45, 7) is 4.13. The summed E-state index contributed by atoms with van der Waals surface area (Å²) in [7, 11) is 0. The van der Waals surface area contributed by atoms with Crippen molar-refractivity contribution >= 4 is 17.2 Å². The average molecular weight is 297 g/mol. The van der Waals surface area contributed by atoms with Gasteiger partial charge in [0.2, 0.25) is 0 Å². The molecule has 1 saturated heterocycles. The molecule has 0 aliphatic carbocycles. The van der Waals surface area contributed by atoms with Gasteiger partial charge >= 0.3 is 0 Å². The number of pyridine rings is 1. The highest BCUT2D eigenvalue weighted by Gasteiger charge is 2.25. The van der Waals surface area contributed by atoms with Crippen LogP contribution in [0, 0.1) is 0 Å². The van der Waals surface area contributed by atoms with E-state index in [4.69, 9.17) is 9.47 Å². The van der Waals surface area contributed by atoms with Gasteiger partial charge in [0.05, 0.1) is 30.7 Å². The first kappa shape index (κ1) is 13.5. The van der Waals surface area contributed by atoms with Crippen molar-refractivity contribution in [3.05, 3.63) is 47.7 Å². The van der Waals surface area contributed by atoms with Crippen molar-refractivity contribution in [3.63, 3.8) is 0 Å². The van der Waals surface area contributed by atoms with Crippen molar-refractivity contribution in [3.8, 4) is 0 Å². The van der Waals surface area contributed by atoms with Crippen LogP contribution < -0.4 is 10.6 Å². The van der Waals surface area contributed by atoms with Crippen LogP contribution in [0.1, 0.15) is 24.2 Å². The lowest BCUT2D eigenvalue weighted by Gasteiger charge is -2.30. The van der Waals surface area contributed by atoms with E-state index in [9.17, 15) is 0 Å². The van der Waals surface area contributed by atoms with Crippen molar-refractivity contribution in [2.24, 2.45) is 0 Å². The molecule has 2 aliphatic rings. The third kappa shape index (κ3) is 2.42. The lowest BCUT2D eigenvalue weighted by Crippen LogP contribution is -2.29. The van der Waals surface area contributed by atoms with Crippen molar-refractivity contribution in [2.45, 2.75) is 25.7 Å². The SMILES string of the molecule is C[C@H]1OCCO[C@@H]1c1ccc2c(c1)NCc1cccnc1N2. The second-order valence-corrected chi connectivity index (χ2v) is 5.66. The van der Waals surface area contributed by atoms with Gasteiger partial charge in [0.25, 0.3) is 0 Å². The molecule has 0 radical (unpaired) electrons. The van der Waals surface area contributed by atoms with Crippen molar-refractivity contribution in [1.29, 1.82) is 0 Å². The van der Waals surface area contributed by atoms with E-state index in [1.807, 2.05) is 6.07 Å². The van der Waals surface area contributed by atoms with Gasteiger partial charge in [0.1, 0.15) is 11.9 Å². The molecule has 2 atom stereocenters. The molecule has 4 rings (SSSR count). The van der Waals surface area contributed by atoms with E-state index in [0.717, 1.165) is 34.9 Å². The largest absolute Gasteiger partial charge is 0.379 e. The Morgan fingerprint density at radius 1 is 1.14 bits per heavy atom. The minimum atomic E-state index is -0.00963. The summed E-state index contributed by atoms with van der Waals surface area (Å²) in [6, 6.07) is 10.3. The fourth-order valence-electron chi connectivity index (χ4n) is 3.01. The lowest BCUT2D eigenvalue weighted by molar-refractivity contribution is -0.134. The third-order valence-corrected chi connectivity index (χ3v) is 4.17. The van der Waals surface area contributed by atoms with Gasteiger partial charge < -0.3 is 20.1 Å². The third-order valence-electron chi connectivity index (χ3n) is 4.17. The predicted molar refractivity (Wildman–Crippen MR) is 85.4 cm³/mol. The molecule has 1 aromatic carbocycles. The van der Waals surface area contributed by atoms with Gasteiger partial charge in [-0.05, 0) is 30.7 Å². The minimum absolute atomic E-state index is 0.00963. The molecule has 1 aromatic heterocycles. The van der Waals surface area contributed by atoms with Gasteiger partial charge in [0.15, 0.2) is 0 Å². The summed E-state index contributed by atoms with van der Waals surface area (Å²) < 4.78 is 11.6. The molecule has 0 saturated carbocycles. The van der Waals surface area contributed by atoms with Crippen molar-refractivity contribution in [1.82, 2.24) is 4.98 Å². The number of nitrogens with zero attached hydrogens (tertiary/aromatic N) is 1. The summed E-state index contributed by atoms with van der Waals surface area (Å²) in [5.74, 6) is 0.909. The van der Waals surface area contributed by atoms with Gasteiger partial charge in [0, 0.05) is 18.3 Å². The molecule has 0 amide bonds. The highest BCUT2D eigenvalue weighted by atomic mass is 16.6. The number of hydrogen-bond donors (Lipinski definition) is 2. The van der Waals surface area contributed by atoms with Crippen LogP contribution in [0.15, 0.2) is 36.5 Å². The maximum absolute atomic E-state index is 5.87. The van der Waals surface area contributed by atoms with Gasteiger partial charge in [-0.15, -0.1) is 0 Å². The molecule has 2 aromatic rings. The number of aromatic nitrogens is 1. The average Bonchev–Trinajstić information content (AvgIpc) is 2.74. The Bertz CT molecular complexity index is 689. The van der Waals surface area contributed by atoms with E-state index in [-0.39, 0.29) is 12.2 Å². The number of rotatable bonds is 1. The zero-order valence-electron chi connectivity index (χ0n) is 12.5. The van der Waals surface area contributed by atoms with E-state index in [2.05, 4.69) is 46.8 Å². The molecular weight excluding hydrogens is 278 g/mol. The maximum Gasteiger partial charge on any atom is 0.135 e. The Morgan fingerprint density at radius 2 is 2.05 bits per heavy atom. The second-order valence-electron chi connectivity index (χ2n) is 5.66. The Labute approximate surface area is 129 Å². The predicted octanol–water partition coefficient (Wildman–Crippen LogP) is 3.23. The number of ether oxygens (including phenoxy) is 2. The molecule has 3 heterocycles. The molecule has 0 unspecified atom stereocenters. The van der Waals surface area contributed by atoms with E-state index >= 15 is 0 Å². The van der Waals surface area contributed by atoms with E-state index in [0.29, 0.717) is 13.2 Å².